The highest BCUT2D eigenvalue weighted by Gasteiger charge is 2.68. The number of phenols is 1. The molecule has 0 aliphatic heterocycles. The molecule has 35 heavy (non-hydrogen) atoms. The molecule has 2 aromatic rings. The van der Waals surface area contributed by atoms with Crippen molar-refractivity contribution in [1.82, 2.24) is 0 Å². The number of phenolic OH excluding ortho intramolecular Hbond substituents is 1. The number of hydrogen-bond acceptors (Lipinski definition) is 6. The largest absolute Gasteiger partial charge is 0.508 e. The number of aromatic hydroxyl groups is 1. The Hall–Kier alpha value is -2.89. The molecule has 0 saturated heterocycles. The van der Waals surface area contributed by atoms with Gasteiger partial charge in [0.15, 0.2) is 12.2 Å². The van der Waals surface area contributed by atoms with E-state index < -0.39 is 17.0 Å². The molecule has 0 unspecified atom stereocenters. The van der Waals surface area contributed by atoms with Gasteiger partial charge in [0.1, 0.15) is 5.75 Å². The molecule has 4 atom stereocenters. The highest BCUT2D eigenvalue weighted by molar-refractivity contribution is 5.94. The Morgan fingerprint density at radius 1 is 1.06 bits per heavy atom. The van der Waals surface area contributed by atoms with Crippen molar-refractivity contribution in [1.29, 1.82) is 0 Å². The molecule has 188 valence electrons. The summed E-state index contributed by atoms with van der Waals surface area (Å²) in [5.74, 6) is -1.08. The van der Waals surface area contributed by atoms with E-state index in [1.54, 1.807) is 12.1 Å². The standard InChI is InChI=1S/C29H36O6/c1-5-7-26(32)34-17-25(31)29(35-27(33)8-6-2)18(3)15-24-23-11-9-19-16-20(30)10-12-21(19)22(23)13-14-28(24,29)4/h9-12,16,18,24,30H,5-8,13-15,17H2,1-4H3/t18-,24+,28+,29-/m1/s1. The van der Waals surface area contributed by atoms with E-state index in [0.717, 1.165) is 17.2 Å². The van der Waals surface area contributed by atoms with Crippen molar-refractivity contribution in [3.8, 4) is 5.75 Å². The maximum atomic E-state index is 13.9. The topological polar surface area (TPSA) is 89.9 Å². The van der Waals surface area contributed by atoms with E-state index in [1.807, 2.05) is 32.9 Å². The Morgan fingerprint density at radius 3 is 2.49 bits per heavy atom. The van der Waals surface area contributed by atoms with E-state index in [0.29, 0.717) is 25.7 Å². The van der Waals surface area contributed by atoms with Crippen molar-refractivity contribution in [3.05, 3.63) is 41.5 Å². The van der Waals surface area contributed by atoms with Crippen molar-refractivity contribution in [2.45, 2.75) is 84.2 Å². The fraction of sp³-hybridized carbons (Fsp3) is 0.552. The number of ketones is 1. The second-order valence-corrected chi connectivity index (χ2v) is 10.4. The van der Waals surface area contributed by atoms with E-state index in [9.17, 15) is 19.5 Å². The molecule has 2 aliphatic rings. The van der Waals surface area contributed by atoms with E-state index in [1.165, 1.54) is 11.1 Å². The average Bonchev–Trinajstić information content (AvgIpc) is 3.04. The fourth-order valence-electron chi connectivity index (χ4n) is 6.65. The van der Waals surface area contributed by atoms with Gasteiger partial charge in [-0.2, -0.15) is 0 Å². The van der Waals surface area contributed by atoms with Gasteiger partial charge in [0.2, 0.25) is 5.78 Å². The fourth-order valence-corrected chi connectivity index (χ4v) is 6.65. The van der Waals surface area contributed by atoms with Gasteiger partial charge in [-0.3, -0.25) is 14.4 Å². The first-order chi connectivity index (χ1) is 16.7. The molecule has 0 spiro atoms. The molecule has 4 rings (SSSR count). The van der Waals surface area contributed by atoms with Gasteiger partial charge in [0.25, 0.3) is 0 Å². The minimum atomic E-state index is -1.35. The lowest BCUT2D eigenvalue weighted by Gasteiger charge is -2.48. The molecule has 6 heteroatoms. The third-order valence-corrected chi connectivity index (χ3v) is 8.28. The van der Waals surface area contributed by atoms with Crippen molar-refractivity contribution in [2.75, 3.05) is 6.61 Å². The van der Waals surface area contributed by atoms with E-state index >= 15 is 0 Å². The van der Waals surface area contributed by atoms with Crippen LogP contribution in [0.4, 0.5) is 0 Å². The van der Waals surface area contributed by atoms with Crippen LogP contribution in [0.3, 0.4) is 0 Å². The summed E-state index contributed by atoms with van der Waals surface area (Å²) in [5.41, 5.74) is 0.433. The maximum Gasteiger partial charge on any atom is 0.306 e. The van der Waals surface area contributed by atoms with Gasteiger partial charge < -0.3 is 14.6 Å². The van der Waals surface area contributed by atoms with Gasteiger partial charge >= 0.3 is 11.9 Å². The zero-order valence-corrected chi connectivity index (χ0v) is 21.2. The Bertz CT molecular complexity index is 1150. The van der Waals surface area contributed by atoms with E-state index in [-0.39, 0.29) is 48.8 Å². The lowest BCUT2D eigenvalue weighted by atomic mass is 9.59. The predicted octanol–water partition coefficient (Wildman–Crippen LogP) is 5.62. The minimum absolute atomic E-state index is 0.0178. The summed E-state index contributed by atoms with van der Waals surface area (Å²) < 4.78 is 11.5. The summed E-state index contributed by atoms with van der Waals surface area (Å²) in [7, 11) is 0. The number of rotatable bonds is 8. The van der Waals surface area contributed by atoms with Crippen LogP contribution in [0.2, 0.25) is 0 Å². The summed E-state index contributed by atoms with van der Waals surface area (Å²) >= 11 is 0. The molecular weight excluding hydrogens is 444 g/mol. The second kappa shape index (κ2) is 9.63. The first kappa shape index (κ1) is 25.2. The van der Waals surface area contributed by atoms with Gasteiger partial charge in [-0.1, -0.05) is 45.9 Å². The molecule has 2 aromatic carbocycles. The zero-order chi connectivity index (χ0) is 25.4. The third kappa shape index (κ3) is 4.11. The molecule has 0 bridgehead atoms. The second-order valence-electron chi connectivity index (χ2n) is 10.4. The summed E-state index contributed by atoms with van der Waals surface area (Å²) in [6.07, 6.45) is 3.86. The highest BCUT2D eigenvalue weighted by Crippen LogP contribution is 2.65. The van der Waals surface area contributed by atoms with Crippen LogP contribution in [0.1, 0.15) is 83.3 Å². The van der Waals surface area contributed by atoms with Crippen molar-refractivity contribution < 1.29 is 29.0 Å². The summed E-state index contributed by atoms with van der Waals surface area (Å²) in [6.45, 7) is 7.45. The maximum absolute atomic E-state index is 13.9. The van der Waals surface area contributed by atoms with Crippen LogP contribution >= 0.6 is 0 Å². The van der Waals surface area contributed by atoms with Crippen LogP contribution < -0.4 is 0 Å². The molecular formula is C29H36O6. The number of benzene rings is 2. The monoisotopic (exact) mass is 480 g/mol. The van der Waals surface area contributed by atoms with Crippen LogP contribution in [0.15, 0.2) is 30.3 Å². The quantitative estimate of drug-likeness (QED) is 0.494. The van der Waals surface area contributed by atoms with Gasteiger partial charge in [-0.15, -0.1) is 0 Å². The van der Waals surface area contributed by atoms with E-state index in [2.05, 4.69) is 13.0 Å². The molecule has 0 aromatic heterocycles. The van der Waals surface area contributed by atoms with Gasteiger partial charge in [0, 0.05) is 24.2 Å². The molecule has 2 aliphatic carbocycles. The van der Waals surface area contributed by atoms with Crippen LogP contribution in [0.25, 0.3) is 10.8 Å². The molecule has 0 amide bonds. The number of fused-ring (bicyclic) bond motifs is 5. The number of carbonyl (C=O) groups excluding carboxylic acids is 3. The zero-order valence-electron chi connectivity index (χ0n) is 21.2. The molecule has 0 heterocycles. The van der Waals surface area contributed by atoms with Crippen LogP contribution in [0.5, 0.6) is 5.75 Å². The molecule has 0 radical (unpaired) electrons. The Balaban J connectivity index is 1.77. The lowest BCUT2D eigenvalue weighted by Crippen LogP contribution is -2.59. The Labute approximate surface area is 207 Å². The number of esters is 2. The smallest absolute Gasteiger partial charge is 0.306 e. The summed E-state index contributed by atoms with van der Waals surface area (Å²) in [4.78, 5) is 38.8. The number of ether oxygens (including phenoxy) is 2. The number of hydrogen-bond donors (Lipinski definition) is 1. The van der Waals surface area contributed by atoms with Crippen LogP contribution in [0, 0.1) is 11.3 Å². The van der Waals surface area contributed by atoms with E-state index in [4.69, 9.17) is 9.47 Å². The molecule has 1 N–H and O–H groups in total. The van der Waals surface area contributed by atoms with Crippen LogP contribution in [-0.4, -0.2) is 35.0 Å². The number of Topliss-reactive ketones (excluding diaryl/α,β-unsaturated/α-hetero) is 1. The Morgan fingerprint density at radius 2 is 1.77 bits per heavy atom. The van der Waals surface area contributed by atoms with Gasteiger partial charge in [0.05, 0.1) is 0 Å². The number of aryl methyl sites for hydroxylation is 1. The van der Waals surface area contributed by atoms with Gasteiger partial charge in [-0.05, 0) is 72.1 Å². The average molecular weight is 481 g/mol. The normalized spacial score (nSPS) is 27.2. The molecule has 6 nitrogen and oxygen atoms in total. The number of carbonyl (C=O) groups is 3. The lowest BCUT2D eigenvalue weighted by molar-refractivity contribution is -0.190. The first-order valence-electron chi connectivity index (χ1n) is 12.8. The Kier molecular flexibility index (Phi) is 6.94. The van der Waals surface area contributed by atoms with Crippen LogP contribution in [-0.2, 0) is 30.3 Å². The summed E-state index contributed by atoms with van der Waals surface area (Å²) in [5, 5.41) is 12.0. The predicted molar refractivity (Wildman–Crippen MR) is 133 cm³/mol. The molecule has 1 fully saturated rings. The van der Waals surface area contributed by atoms with Crippen molar-refractivity contribution >= 4 is 28.5 Å². The highest BCUT2D eigenvalue weighted by atomic mass is 16.6. The van der Waals surface area contributed by atoms with Crippen molar-refractivity contribution in [3.63, 3.8) is 0 Å². The summed E-state index contributed by atoms with van der Waals surface area (Å²) in [6, 6.07) is 9.55. The van der Waals surface area contributed by atoms with Crippen molar-refractivity contribution in [2.24, 2.45) is 11.3 Å². The third-order valence-electron chi connectivity index (χ3n) is 8.28. The first-order valence-corrected chi connectivity index (χ1v) is 12.8. The molecule has 1 saturated carbocycles. The minimum Gasteiger partial charge on any atom is -0.508 e. The van der Waals surface area contributed by atoms with Gasteiger partial charge in [-0.25, -0.2) is 0 Å². The SMILES string of the molecule is CCCC(=O)OCC(=O)[C@]1(OC(=O)CCC)[C@H](C)C[C@H]2c3ccc4cc(O)ccc4c3CC[C@@]21C.